The SMILES string of the molecule is COc1ccccc1-c1nc(COCCc2cccc(NS(=O)(=O)C(F)(F)F)c2)no1. The minimum Gasteiger partial charge on any atom is -0.496 e. The van der Waals surface area contributed by atoms with E-state index in [0.29, 0.717) is 29.1 Å². The summed E-state index contributed by atoms with van der Waals surface area (Å²) < 4.78 is 77.3. The molecule has 0 unspecified atom stereocenters. The summed E-state index contributed by atoms with van der Waals surface area (Å²) >= 11 is 0. The van der Waals surface area contributed by atoms with Gasteiger partial charge in [-0.3, -0.25) is 4.72 Å². The molecule has 2 aromatic carbocycles. The summed E-state index contributed by atoms with van der Waals surface area (Å²) in [5, 5.41) is 3.84. The summed E-state index contributed by atoms with van der Waals surface area (Å²) in [7, 11) is -3.94. The second-order valence-corrected chi connectivity index (χ2v) is 7.94. The van der Waals surface area contributed by atoms with Gasteiger partial charge in [0, 0.05) is 5.69 Å². The molecule has 0 aliphatic heterocycles. The molecule has 1 heterocycles. The van der Waals surface area contributed by atoms with Crippen LogP contribution in [-0.4, -0.2) is 37.8 Å². The fourth-order valence-electron chi connectivity index (χ4n) is 2.60. The second kappa shape index (κ2) is 9.35. The number of hydrogen-bond acceptors (Lipinski definition) is 7. The molecule has 0 saturated carbocycles. The summed E-state index contributed by atoms with van der Waals surface area (Å²) in [6.45, 7) is 0.257. The average Bonchev–Trinajstić information content (AvgIpc) is 3.19. The van der Waals surface area contributed by atoms with E-state index in [1.54, 1.807) is 24.3 Å². The monoisotopic (exact) mass is 457 g/mol. The van der Waals surface area contributed by atoms with E-state index >= 15 is 0 Å². The van der Waals surface area contributed by atoms with Crippen LogP contribution >= 0.6 is 0 Å². The summed E-state index contributed by atoms with van der Waals surface area (Å²) in [6, 6.07) is 12.8. The third-order valence-electron chi connectivity index (χ3n) is 4.06. The average molecular weight is 457 g/mol. The van der Waals surface area contributed by atoms with Crippen LogP contribution in [0.15, 0.2) is 53.1 Å². The molecule has 0 spiro atoms. The summed E-state index contributed by atoms with van der Waals surface area (Å²) in [5.74, 6) is 1.17. The van der Waals surface area contributed by atoms with Crippen molar-refractivity contribution < 1.29 is 35.6 Å². The maximum atomic E-state index is 12.5. The Morgan fingerprint density at radius 1 is 1.13 bits per heavy atom. The fourth-order valence-corrected chi connectivity index (χ4v) is 3.15. The quantitative estimate of drug-likeness (QED) is 0.488. The first-order valence-corrected chi connectivity index (χ1v) is 10.4. The van der Waals surface area contributed by atoms with E-state index in [1.165, 1.54) is 30.0 Å². The van der Waals surface area contributed by atoms with E-state index in [2.05, 4.69) is 10.1 Å². The molecule has 0 bridgehead atoms. The standard InChI is InChI=1S/C19H18F3N3O5S/c1-28-16-8-3-2-7-15(16)18-23-17(24-30-18)12-29-10-9-13-5-4-6-14(11-13)25-31(26,27)19(20,21)22/h2-8,11,25H,9-10,12H2,1H3. The first-order valence-electron chi connectivity index (χ1n) is 8.91. The molecule has 8 nitrogen and oxygen atoms in total. The minimum atomic E-state index is -5.47. The zero-order chi connectivity index (χ0) is 22.5. The van der Waals surface area contributed by atoms with Gasteiger partial charge < -0.3 is 14.0 Å². The van der Waals surface area contributed by atoms with Crippen LogP contribution in [0.5, 0.6) is 5.75 Å². The molecule has 0 aliphatic rings. The van der Waals surface area contributed by atoms with Crippen molar-refractivity contribution in [2.24, 2.45) is 0 Å². The van der Waals surface area contributed by atoms with Gasteiger partial charge in [-0.2, -0.15) is 26.6 Å². The highest BCUT2D eigenvalue weighted by Gasteiger charge is 2.46. The fraction of sp³-hybridized carbons (Fsp3) is 0.263. The van der Waals surface area contributed by atoms with Crippen LogP contribution < -0.4 is 9.46 Å². The lowest BCUT2D eigenvalue weighted by molar-refractivity contribution is -0.0429. The summed E-state index contributed by atoms with van der Waals surface area (Å²) in [5.41, 5.74) is -4.35. The molecule has 0 amide bonds. The van der Waals surface area contributed by atoms with Crippen molar-refractivity contribution >= 4 is 15.7 Å². The van der Waals surface area contributed by atoms with Gasteiger partial charge >= 0.3 is 15.5 Å². The van der Waals surface area contributed by atoms with Crippen molar-refractivity contribution in [1.82, 2.24) is 10.1 Å². The Morgan fingerprint density at radius 3 is 2.65 bits per heavy atom. The number of halogens is 3. The molecule has 0 atom stereocenters. The Kier molecular flexibility index (Phi) is 6.81. The van der Waals surface area contributed by atoms with Gasteiger partial charge in [0.05, 0.1) is 19.3 Å². The maximum absolute atomic E-state index is 12.5. The third-order valence-corrected chi connectivity index (χ3v) is 5.17. The summed E-state index contributed by atoms with van der Waals surface area (Å²) in [4.78, 5) is 4.25. The molecule has 3 aromatic rings. The first-order chi connectivity index (χ1) is 14.7. The highest BCUT2D eigenvalue weighted by molar-refractivity contribution is 7.93. The van der Waals surface area contributed by atoms with Crippen molar-refractivity contribution in [2.45, 2.75) is 18.5 Å². The lowest BCUT2D eigenvalue weighted by Crippen LogP contribution is -2.29. The Balaban J connectivity index is 1.53. The number of aromatic nitrogens is 2. The first kappa shape index (κ1) is 22.6. The number of nitrogens with one attached hydrogen (secondary N) is 1. The number of para-hydroxylation sites is 1. The van der Waals surface area contributed by atoms with Crippen LogP contribution in [0.1, 0.15) is 11.4 Å². The van der Waals surface area contributed by atoms with E-state index in [0.717, 1.165) is 0 Å². The van der Waals surface area contributed by atoms with Crippen LogP contribution in [0.3, 0.4) is 0 Å². The van der Waals surface area contributed by atoms with E-state index in [4.69, 9.17) is 14.0 Å². The van der Waals surface area contributed by atoms with Crippen molar-refractivity contribution in [1.29, 1.82) is 0 Å². The van der Waals surface area contributed by atoms with E-state index in [1.807, 2.05) is 6.07 Å². The molecule has 12 heteroatoms. The number of alkyl halides is 3. The van der Waals surface area contributed by atoms with Gasteiger partial charge in [0.25, 0.3) is 5.89 Å². The normalized spacial score (nSPS) is 12.0. The number of benzene rings is 2. The maximum Gasteiger partial charge on any atom is 0.516 e. The lowest BCUT2D eigenvalue weighted by Gasteiger charge is -2.11. The van der Waals surface area contributed by atoms with Gasteiger partial charge in [-0.25, -0.2) is 0 Å². The molecule has 1 aromatic heterocycles. The van der Waals surface area contributed by atoms with Crippen molar-refractivity contribution in [3.63, 3.8) is 0 Å². The molecule has 166 valence electrons. The molecule has 1 N–H and O–H groups in total. The van der Waals surface area contributed by atoms with Crippen LogP contribution in [-0.2, 0) is 27.8 Å². The van der Waals surface area contributed by atoms with E-state index in [9.17, 15) is 21.6 Å². The molecule has 0 fully saturated rings. The van der Waals surface area contributed by atoms with Gasteiger partial charge in [-0.15, -0.1) is 0 Å². The second-order valence-electron chi connectivity index (χ2n) is 6.27. The zero-order valence-corrected chi connectivity index (χ0v) is 17.0. The Labute approximate surface area is 176 Å². The predicted molar refractivity (Wildman–Crippen MR) is 105 cm³/mol. The Bertz CT molecular complexity index is 1130. The van der Waals surface area contributed by atoms with Crippen LogP contribution in [0, 0.1) is 0 Å². The number of sulfonamides is 1. The molecule has 0 saturated heterocycles. The molecule has 31 heavy (non-hydrogen) atoms. The van der Waals surface area contributed by atoms with E-state index in [-0.39, 0.29) is 24.8 Å². The smallest absolute Gasteiger partial charge is 0.496 e. The number of nitrogens with zero attached hydrogens (tertiary/aromatic N) is 2. The van der Waals surface area contributed by atoms with Crippen molar-refractivity contribution in [3.05, 3.63) is 59.9 Å². The molecular weight excluding hydrogens is 439 g/mol. The number of anilines is 1. The van der Waals surface area contributed by atoms with Crippen LogP contribution in [0.25, 0.3) is 11.5 Å². The molecule has 0 radical (unpaired) electrons. The van der Waals surface area contributed by atoms with Crippen LogP contribution in [0.4, 0.5) is 18.9 Å². The highest BCUT2D eigenvalue weighted by atomic mass is 32.2. The minimum absolute atomic E-state index is 0.0546. The van der Waals surface area contributed by atoms with Gasteiger partial charge in [-0.1, -0.05) is 29.4 Å². The van der Waals surface area contributed by atoms with Crippen molar-refractivity contribution in [2.75, 3.05) is 18.4 Å². The van der Waals surface area contributed by atoms with Gasteiger partial charge in [0.2, 0.25) is 0 Å². The highest BCUT2D eigenvalue weighted by Crippen LogP contribution is 2.28. The molecule has 3 rings (SSSR count). The zero-order valence-electron chi connectivity index (χ0n) is 16.2. The number of hydrogen-bond donors (Lipinski definition) is 1. The van der Waals surface area contributed by atoms with Gasteiger partial charge in [0.15, 0.2) is 5.82 Å². The molecule has 0 aliphatic carbocycles. The Morgan fingerprint density at radius 2 is 1.90 bits per heavy atom. The lowest BCUT2D eigenvalue weighted by atomic mass is 10.1. The summed E-state index contributed by atoms with van der Waals surface area (Å²) in [6.07, 6.45) is 0.332. The predicted octanol–water partition coefficient (Wildman–Crippen LogP) is 3.77. The van der Waals surface area contributed by atoms with Crippen molar-refractivity contribution in [3.8, 4) is 17.2 Å². The van der Waals surface area contributed by atoms with Crippen LogP contribution in [0.2, 0.25) is 0 Å². The number of ether oxygens (including phenoxy) is 2. The Hall–Kier alpha value is -3.12. The number of methoxy groups -OCH3 is 1. The molecular formula is C19H18F3N3O5S. The topological polar surface area (TPSA) is 104 Å². The largest absolute Gasteiger partial charge is 0.516 e. The van der Waals surface area contributed by atoms with Gasteiger partial charge in [-0.05, 0) is 36.2 Å². The number of rotatable bonds is 9. The third kappa shape index (κ3) is 5.73. The van der Waals surface area contributed by atoms with Gasteiger partial charge in [0.1, 0.15) is 12.4 Å². The van der Waals surface area contributed by atoms with E-state index < -0.39 is 15.5 Å².